The molecule has 0 fully saturated rings. The second-order valence-corrected chi connectivity index (χ2v) is 6.80. The number of hydrogen-bond donors (Lipinski definition) is 3. The van der Waals surface area contributed by atoms with E-state index >= 15 is 0 Å². The molecule has 3 aromatic rings. The van der Waals surface area contributed by atoms with E-state index in [-0.39, 0.29) is 18.4 Å². The summed E-state index contributed by atoms with van der Waals surface area (Å²) in [5, 5.41) is 5.54. The first kappa shape index (κ1) is 20.9. The van der Waals surface area contributed by atoms with E-state index in [0.29, 0.717) is 17.1 Å². The largest absolute Gasteiger partial charge is 0.457 e. The molecular weight excluding hydrogens is 380 g/mol. The lowest BCUT2D eigenvalue weighted by atomic mass is 10.0. The Labute approximate surface area is 175 Å². The van der Waals surface area contributed by atoms with Crippen molar-refractivity contribution < 1.29 is 14.3 Å². The van der Waals surface area contributed by atoms with Crippen molar-refractivity contribution in [3.8, 4) is 11.5 Å². The molecule has 4 N–H and O–H groups in total. The van der Waals surface area contributed by atoms with E-state index in [0.717, 1.165) is 5.69 Å². The molecule has 3 amide bonds. The summed E-state index contributed by atoms with van der Waals surface area (Å²) in [6, 6.07) is 20.5. The van der Waals surface area contributed by atoms with Gasteiger partial charge in [0.15, 0.2) is 0 Å². The normalized spacial score (nSPS) is 12.4. The zero-order valence-electron chi connectivity index (χ0n) is 16.6. The molecule has 0 radical (unpaired) electrons. The highest BCUT2D eigenvalue weighted by Gasteiger charge is 2.20. The topological polar surface area (TPSA) is 106 Å². The number of pyridine rings is 1. The molecule has 0 spiro atoms. The van der Waals surface area contributed by atoms with E-state index in [2.05, 4.69) is 15.6 Å². The van der Waals surface area contributed by atoms with Crippen molar-refractivity contribution in [3.05, 3.63) is 90.3 Å². The fourth-order valence-electron chi connectivity index (χ4n) is 3.04. The second-order valence-electron chi connectivity index (χ2n) is 6.80. The number of amides is 3. The van der Waals surface area contributed by atoms with E-state index in [1.165, 1.54) is 0 Å². The molecule has 0 aliphatic carbocycles. The molecule has 1 aromatic heterocycles. The Morgan fingerprint density at radius 1 is 0.967 bits per heavy atom. The standard InChI is InChI=1S/C23H24N4O3/c1-16(20-12-5-6-13-25-20)26-22(28)15-21(27-23(24)29)17-8-7-11-19(14-17)30-18-9-3-2-4-10-18/h2-14,16,21H,15H2,1H3,(H,26,28)(H3,24,27,29). The Morgan fingerprint density at radius 3 is 2.40 bits per heavy atom. The molecule has 7 nitrogen and oxygen atoms in total. The Bertz CT molecular complexity index is 980. The van der Waals surface area contributed by atoms with Crippen molar-refractivity contribution in [1.29, 1.82) is 0 Å². The van der Waals surface area contributed by atoms with Crippen LogP contribution in [0.15, 0.2) is 79.0 Å². The van der Waals surface area contributed by atoms with Crippen molar-refractivity contribution in [1.82, 2.24) is 15.6 Å². The molecule has 0 saturated heterocycles. The third kappa shape index (κ3) is 6.07. The summed E-state index contributed by atoms with van der Waals surface area (Å²) < 4.78 is 5.85. The van der Waals surface area contributed by atoms with Crippen LogP contribution in [0.4, 0.5) is 4.79 Å². The van der Waals surface area contributed by atoms with E-state index < -0.39 is 12.1 Å². The summed E-state index contributed by atoms with van der Waals surface area (Å²) in [6.45, 7) is 1.85. The predicted molar refractivity (Wildman–Crippen MR) is 114 cm³/mol. The minimum Gasteiger partial charge on any atom is -0.457 e. The van der Waals surface area contributed by atoms with Gasteiger partial charge in [0.05, 0.1) is 24.2 Å². The van der Waals surface area contributed by atoms with Gasteiger partial charge in [0.2, 0.25) is 5.91 Å². The highest BCUT2D eigenvalue weighted by atomic mass is 16.5. The number of rotatable bonds is 8. The monoisotopic (exact) mass is 404 g/mol. The highest BCUT2D eigenvalue weighted by Crippen LogP contribution is 2.26. The number of nitrogens with two attached hydrogens (primary N) is 1. The fraction of sp³-hybridized carbons (Fsp3) is 0.174. The van der Waals surface area contributed by atoms with E-state index in [1.807, 2.05) is 61.5 Å². The van der Waals surface area contributed by atoms with Crippen molar-refractivity contribution >= 4 is 11.9 Å². The number of primary amides is 1. The first-order chi connectivity index (χ1) is 14.5. The lowest BCUT2D eigenvalue weighted by Crippen LogP contribution is -2.37. The first-order valence-corrected chi connectivity index (χ1v) is 9.60. The highest BCUT2D eigenvalue weighted by molar-refractivity contribution is 5.79. The molecule has 3 rings (SSSR count). The van der Waals surface area contributed by atoms with Gasteiger partial charge in [-0.25, -0.2) is 4.79 Å². The molecule has 154 valence electrons. The Kier molecular flexibility index (Phi) is 7.00. The van der Waals surface area contributed by atoms with Gasteiger partial charge >= 0.3 is 6.03 Å². The van der Waals surface area contributed by atoms with Gasteiger partial charge in [-0.1, -0.05) is 36.4 Å². The summed E-state index contributed by atoms with van der Waals surface area (Å²) >= 11 is 0. The van der Waals surface area contributed by atoms with Gasteiger partial charge in [-0.05, 0) is 48.9 Å². The van der Waals surface area contributed by atoms with Crippen LogP contribution in [0.25, 0.3) is 0 Å². The maximum Gasteiger partial charge on any atom is 0.312 e. The van der Waals surface area contributed by atoms with Crippen LogP contribution in [0.5, 0.6) is 11.5 Å². The number of nitrogens with one attached hydrogen (secondary N) is 2. The van der Waals surface area contributed by atoms with Gasteiger partial charge in [-0.2, -0.15) is 0 Å². The molecule has 0 aliphatic rings. The van der Waals surface area contributed by atoms with Gasteiger partial charge in [-0.3, -0.25) is 9.78 Å². The number of carbonyl (C=O) groups is 2. The van der Waals surface area contributed by atoms with Crippen molar-refractivity contribution in [3.63, 3.8) is 0 Å². The summed E-state index contributed by atoms with van der Waals surface area (Å²) in [5.41, 5.74) is 6.80. The molecule has 2 unspecified atom stereocenters. The van der Waals surface area contributed by atoms with Gasteiger partial charge in [0, 0.05) is 6.20 Å². The summed E-state index contributed by atoms with van der Waals surface area (Å²) in [5.74, 6) is 1.05. The van der Waals surface area contributed by atoms with Crippen LogP contribution >= 0.6 is 0 Å². The second kappa shape index (κ2) is 10.1. The lowest BCUT2D eigenvalue weighted by molar-refractivity contribution is -0.122. The van der Waals surface area contributed by atoms with E-state index in [1.54, 1.807) is 24.4 Å². The zero-order chi connectivity index (χ0) is 21.3. The number of hydrogen-bond acceptors (Lipinski definition) is 4. The van der Waals surface area contributed by atoms with Gasteiger partial charge < -0.3 is 21.1 Å². The maximum absolute atomic E-state index is 12.6. The number of para-hydroxylation sites is 1. The molecule has 2 atom stereocenters. The van der Waals surface area contributed by atoms with E-state index in [4.69, 9.17) is 10.5 Å². The number of nitrogens with zero attached hydrogens (tertiary/aromatic N) is 1. The summed E-state index contributed by atoms with van der Waals surface area (Å²) in [4.78, 5) is 28.4. The average Bonchev–Trinajstić information content (AvgIpc) is 2.74. The van der Waals surface area contributed by atoms with Crippen LogP contribution in [0.2, 0.25) is 0 Å². The third-order valence-electron chi connectivity index (χ3n) is 4.45. The van der Waals surface area contributed by atoms with Gasteiger partial charge in [0.25, 0.3) is 0 Å². The van der Waals surface area contributed by atoms with Crippen molar-refractivity contribution in [2.45, 2.75) is 25.4 Å². The molecule has 0 bridgehead atoms. The third-order valence-corrected chi connectivity index (χ3v) is 4.45. The average molecular weight is 404 g/mol. The number of benzene rings is 2. The molecule has 1 heterocycles. The Morgan fingerprint density at radius 2 is 1.70 bits per heavy atom. The molecule has 2 aromatic carbocycles. The lowest BCUT2D eigenvalue weighted by Gasteiger charge is -2.20. The minimum atomic E-state index is -0.708. The van der Waals surface area contributed by atoms with Crippen molar-refractivity contribution in [2.75, 3.05) is 0 Å². The Balaban J connectivity index is 1.71. The van der Waals surface area contributed by atoms with Crippen molar-refractivity contribution in [2.24, 2.45) is 5.73 Å². The number of ether oxygens (including phenoxy) is 1. The van der Waals surface area contributed by atoms with Crippen LogP contribution in [-0.4, -0.2) is 16.9 Å². The number of aromatic nitrogens is 1. The van der Waals surface area contributed by atoms with Gasteiger partial charge in [0.1, 0.15) is 11.5 Å². The minimum absolute atomic E-state index is 0.0227. The van der Waals surface area contributed by atoms with Crippen LogP contribution < -0.4 is 21.1 Å². The molecule has 7 heteroatoms. The molecular formula is C23H24N4O3. The number of carbonyl (C=O) groups excluding carboxylic acids is 2. The summed E-state index contributed by atoms with van der Waals surface area (Å²) in [6.07, 6.45) is 1.70. The smallest absolute Gasteiger partial charge is 0.312 e. The maximum atomic E-state index is 12.6. The van der Waals surface area contributed by atoms with E-state index in [9.17, 15) is 9.59 Å². The first-order valence-electron chi connectivity index (χ1n) is 9.60. The van der Waals surface area contributed by atoms with Crippen LogP contribution in [0, 0.1) is 0 Å². The number of urea groups is 1. The zero-order valence-corrected chi connectivity index (χ0v) is 16.6. The van der Waals surface area contributed by atoms with Crippen LogP contribution in [0.3, 0.4) is 0 Å². The van der Waals surface area contributed by atoms with Gasteiger partial charge in [-0.15, -0.1) is 0 Å². The van der Waals surface area contributed by atoms with Crippen LogP contribution in [-0.2, 0) is 4.79 Å². The molecule has 0 saturated carbocycles. The predicted octanol–water partition coefficient (Wildman–Crippen LogP) is 3.85. The molecule has 30 heavy (non-hydrogen) atoms. The fourth-order valence-corrected chi connectivity index (χ4v) is 3.04. The SMILES string of the molecule is CC(NC(=O)CC(NC(N)=O)c1cccc(Oc2ccccc2)c1)c1ccccn1. The Hall–Kier alpha value is -3.87. The quantitative estimate of drug-likeness (QED) is 0.530. The summed E-state index contributed by atoms with van der Waals surface area (Å²) in [7, 11) is 0. The molecule has 0 aliphatic heterocycles. The van der Waals surface area contributed by atoms with Crippen LogP contribution in [0.1, 0.15) is 36.7 Å².